The van der Waals surface area contributed by atoms with Crippen LogP contribution in [0.3, 0.4) is 0 Å². The molecule has 0 saturated carbocycles. The molecule has 9 heteroatoms. The van der Waals surface area contributed by atoms with Gasteiger partial charge < -0.3 is 5.32 Å². The molecule has 0 radical (unpaired) electrons. The minimum atomic E-state index is -2.33. The van der Waals surface area contributed by atoms with Gasteiger partial charge in [0.1, 0.15) is 5.69 Å². The normalized spacial score (nSPS) is 10.7. The number of halogens is 7. The molecule has 0 unspecified atom stereocenters. The third-order valence-corrected chi connectivity index (χ3v) is 3.27. The molecule has 0 bridgehead atoms. The summed E-state index contributed by atoms with van der Waals surface area (Å²) in [5.74, 6) is -12.3. The standard InChI is InChI=1S/C13H4Cl2F5NO/c14-4-2-1-3-5(15)6(4)13(22)21-12-10(19)8(17)7(16)9(18)11(12)20/h1-3H,(H,21,22). The average molecular weight is 356 g/mol. The van der Waals surface area contributed by atoms with Crippen LogP contribution in [0.25, 0.3) is 0 Å². The van der Waals surface area contributed by atoms with Gasteiger partial charge in [0.2, 0.25) is 5.82 Å². The molecule has 0 aliphatic carbocycles. The fourth-order valence-electron chi connectivity index (χ4n) is 1.61. The summed E-state index contributed by atoms with van der Waals surface area (Å²) >= 11 is 11.4. The molecular weight excluding hydrogens is 352 g/mol. The van der Waals surface area contributed by atoms with Crippen molar-refractivity contribution < 1.29 is 26.7 Å². The Hall–Kier alpha value is -1.86. The summed E-state index contributed by atoms with van der Waals surface area (Å²) in [7, 11) is 0. The van der Waals surface area contributed by atoms with E-state index in [0.717, 1.165) is 0 Å². The van der Waals surface area contributed by atoms with E-state index in [1.807, 2.05) is 0 Å². The number of amides is 1. The summed E-state index contributed by atoms with van der Waals surface area (Å²) in [5, 5.41) is 1.26. The number of hydrogen-bond acceptors (Lipinski definition) is 1. The maximum absolute atomic E-state index is 13.5. The monoisotopic (exact) mass is 355 g/mol. The van der Waals surface area contributed by atoms with Gasteiger partial charge in [0, 0.05) is 0 Å². The Balaban J connectivity index is 2.50. The fraction of sp³-hybridized carbons (Fsp3) is 0. The summed E-state index contributed by atoms with van der Waals surface area (Å²) < 4.78 is 66.0. The highest BCUT2D eigenvalue weighted by Gasteiger charge is 2.27. The van der Waals surface area contributed by atoms with Gasteiger partial charge in [-0.25, -0.2) is 22.0 Å². The van der Waals surface area contributed by atoms with Gasteiger partial charge in [-0.2, -0.15) is 0 Å². The SMILES string of the molecule is O=C(Nc1c(F)c(F)c(F)c(F)c1F)c1c(Cl)cccc1Cl. The van der Waals surface area contributed by atoms with Crippen LogP contribution >= 0.6 is 23.2 Å². The largest absolute Gasteiger partial charge is 0.317 e. The molecule has 0 heterocycles. The molecule has 2 aromatic rings. The zero-order chi connectivity index (χ0) is 16.6. The summed E-state index contributed by atoms with van der Waals surface area (Å²) in [4.78, 5) is 11.9. The van der Waals surface area contributed by atoms with E-state index in [1.165, 1.54) is 18.2 Å². The van der Waals surface area contributed by atoms with Crippen molar-refractivity contribution in [1.29, 1.82) is 0 Å². The third-order valence-electron chi connectivity index (χ3n) is 2.64. The fourth-order valence-corrected chi connectivity index (χ4v) is 2.17. The molecule has 22 heavy (non-hydrogen) atoms. The Morgan fingerprint density at radius 2 is 1.23 bits per heavy atom. The van der Waals surface area contributed by atoms with E-state index in [-0.39, 0.29) is 15.6 Å². The second kappa shape index (κ2) is 6.10. The van der Waals surface area contributed by atoms with Crippen LogP contribution in [0.5, 0.6) is 0 Å². The van der Waals surface area contributed by atoms with Crippen LogP contribution < -0.4 is 5.32 Å². The van der Waals surface area contributed by atoms with Gasteiger partial charge >= 0.3 is 0 Å². The zero-order valence-electron chi connectivity index (χ0n) is 10.3. The van der Waals surface area contributed by atoms with Gasteiger partial charge in [-0.1, -0.05) is 29.3 Å². The van der Waals surface area contributed by atoms with Crippen molar-refractivity contribution >= 4 is 34.8 Å². The van der Waals surface area contributed by atoms with Crippen LogP contribution in [0.2, 0.25) is 10.0 Å². The first-order chi connectivity index (χ1) is 10.3. The van der Waals surface area contributed by atoms with Crippen LogP contribution in [0.4, 0.5) is 27.6 Å². The summed E-state index contributed by atoms with van der Waals surface area (Å²) in [6, 6.07) is 3.93. The van der Waals surface area contributed by atoms with Crippen molar-refractivity contribution in [3.05, 3.63) is 62.9 Å². The van der Waals surface area contributed by atoms with Gasteiger partial charge in [-0.05, 0) is 12.1 Å². The molecule has 1 N–H and O–H groups in total. The Morgan fingerprint density at radius 3 is 1.68 bits per heavy atom. The number of benzene rings is 2. The van der Waals surface area contributed by atoms with Gasteiger partial charge in [0.05, 0.1) is 15.6 Å². The molecular formula is C13H4Cl2F5NO. The number of anilines is 1. The van der Waals surface area contributed by atoms with Gasteiger partial charge in [0.15, 0.2) is 23.3 Å². The quantitative estimate of drug-likeness (QED) is 0.461. The lowest BCUT2D eigenvalue weighted by Gasteiger charge is -2.11. The summed E-state index contributed by atoms with van der Waals surface area (Å²) in [6.07, 6.45) is 0. The lowest BCUT2D eigenvalue weighted by molar-refractivity contribution is 0.102. The van der Waals surface area contributed by atoms with Gasteiger partial charge in [0.25, 0.3) is 5.91 Å². The Kier molecular flexibility index (Phi) is 4.58. The third kappa shape index (κ3) is 2.74. The lowest BCUT2D eigenvalue weighted by atomic mass is 10.2. The maximum Gasteiger partial charge on any atom is 0.258 e. The van der Waals surface area contributed by atoms with Crippen molar-refractivity contribution in [2.24, 2.45) is 0 Å². The van der Waals surface area contributed by atoms with E-state index in [1.54, 1.807) is 5.32 Å². The van der Waals surface area contributed by atoms with Crippen molar-refractivity contribution in [2.45, 2.75) is 0 Å². The molecule has 0 saturated heterocycles. The minimum absolute atomic E-state index is 0.158. The number of nitrogens with one attached hydrogen (secondary N) is 1. The zero-order valence-corrected chi connectivity index (χ0v) is 11.8. The molecule has 0 atom stereocenters. The van der Waals surface area contributed by atoms with Gasteiger partial charge in [-0.15, -0.1) is 0 Å². The number of carbonyl (C=O) groups is 1. The molecule has 0 aromatic heterocycles. The van der Waals surface area contributed by atoms with Crippen LogP contribution in [-0.4, -0.2) is 5.91 Å². The lowest BCUT2D eigenvalue weighted by Crippen LogP contribution is -2.17. The minimum Gasteiger partial charge on any atom is -0.317 e. The number of rotatable bonds is 2. The molecule has 2 aromatic carbocycles. The van der Waals surface area contributed by atoms with Gasteiger partial charge in [-0.3, -0.25) is 4.79 Å². The highest BCUT2D eigenvalue weighted by atomic mass is 35.5. The highest BCUT2D eigenvalue weighted by molar-refractivity contribution is 6.40. The Bertz CT molecular complexity index is 732. The van der Waals surface area contributed by atoms with Crippen LogP contribution in [0, 0.1) is 29.1 Å². The molecule has 1 amide bonds. The second-order valence-electron chi connectivity index (χ2n) is 4.00. The van der Waals surface area contributed by atoms with E-state index in [4.69, 9.17) is 23.2 Å². The molecule has 0 aliphatic heterocycles. The first-order valence-electron chi connectivity index (χ1n) is 5.52. The van der Waals surface area contributed by atoms with E-state index >= 15 is 0 Å². The second-order valence-corrected chi connectivity index (χ2v) is 4.81. The predicted octanol–water partition coefficient (Wildman–Crippen LogP) is 4.94. The summed E-state index contributed by atoms with van der Waals surface area (Å²) in [6.45, 7) is 0. The average Bonchev–Trinajstić information content (AvgIpc) is 2.47. The Morgan fingerprint density at radius 1 is 0.818 bits per heavy atom. The molecule has 0 fully saturated rings. The van der Waals surface area contributed by atoms with Crippen LogP contribution in [0.1, 0.15) is 10.4 Å². The van der Waals surface area contributed by atoms with Crippen LogP contribution in [0.15, 0.2) is 18.2 Å². The first kappa shape index (κ1) is 16.5. The van der Waals surface area contributed by atoms with Crippen molar-refractivity contribution in [3.8, 4) is 0 Å². The highest BCUT2D eigenvalue weighted by Crippen LogP contribution is 2.30. The van der Waals surface area contributed by atoms with E-state index in [0.29, 0.717) is 0 Å². The van der Waals surface area contributed by atoms with Crippen molar-refractivity contribution in [2.75, 3.05) is 5.32 Å². The Labute approximate surface area is 130 Å². The smallest absolute Gasteiger partial charge is 0.258 e. The van der Waals surface area contributed by atoms with E-state index < -0.39 is 40.7 Å². The van der Waals surface area contributed by atoms with Crippen molar-refractivity contribution in [3.63, 3.8) is 0 Å². The molecule has 0 aliphatic rings. The van der Waals surface area contributed by atoms with Crippen LogP contribution in [-0.2, 0) is 0 Å². The molecule has 2 nitrogen and oxygen atoms in total. The maximum atomic E-state index is 13.5. The molecule has 2 rings (SSSR count). The molecule has 116 valence electrons. The predicted molar refractivity (Wildman–Crippen MR) is 70.6 cm³/mol. The number of carbonyl (C=O) groups excluding carboxylic acids is 1. The van der Waals surface area contributed by atoms with E-state index in [9.17, 15) is 26.7 Å². The molecule has 0 spiro atoms. The summed E-state index contributed by atoms with van der Waals surface area (Å²) in [5.41, 5.74) is -1.85. The first-order valence-corrected chi connectivity index (χ1v) is 6.28. The van der Waals surface area contributed by atoms with E-state index in [2.05, 4.69) is 0 Å². The number of hydrogen-bond donors (Lipinski definition) is 1. The topological polar surface area (TPSA) is 29.1 Å². The van der Waals surface area contributed by atoms with Crippen molar-refractivity contribution in [1.82, 2.24) is 0 Å².